The summed E-state index contributed by atoms with van der Waals surface area (Å²) in [5.41, 5.74) is 3.28. The quantitative estimate of drug-likeness (QED) is 0.568. The highest BCUT2D eigenvalue weighted by atomic mass is 16.6. The molecule has 1 aromatic carbocycles. The Balaban J connectivity index is 2.10. The zero-order valence-electron chi connectivity index (χ0n) is 9.82. The summed E-state index contributed by atoms with van der Waals surface area (Å²) in [6, 6.07) is 3.78. The molecule has 1 fully saturated rings. The van der Waals surface area contributed by atoms with Gasteiger partial charge in [0.2, 0.25) is 0 Å². The third-order valence-electron chi connectivity index (χ3n) is 3.19. The number of hydrogen-bond acceptors (Lipinski definition) is 3. The number of anilines is 1. The van der Waals surface area contributed by atoms with Gasteiger partial charge in [0.25, 0.3) is 11.7 Å². The van der Waals surface area contributed by atoms with Crippen LogP contribution in [-0.4, -0.2) is 30.9 Å². The molecular formula is C13H13NO3. The summed E-state index contributed by atoms with van der Waals surface area (Å²) in [5.74, 6) is -0.823. The van der Waals surface area contributed by atoms with Gasteiger partial charge >= 0.3 is 0 Å². The Hall–Kier alpha value is -1.68. The largest absolute Gasteiger partial charge is 0.371 e. The van der Waals surface area contributed by atoms with Crippen LogP contribution >= 0.6 is 0 Å². The standard InChI is InChI=1S/C13H13NO3/c1-7-3-8(2)11-10(4-7)12(15)13(16)14(11)5-9-6-17-9/h3-4,9H,5-6H2,1-2H3. The summed E-state index contributed by atoms with van der Waals surface area (Å²) in [5, 5.41) is 0. The maximum absolute atomic E-state index is 11.9. The molecule has 2 aliphatic rings. The highest BCUT2D eigenvalue weighted by Crippen LogP contribution is 2.34. The first kappa shape index (κ1) is 10.5. The highest BCUT2D eigenvalue weighted by Gasteiger charge is 2.40. The van der Waals surface area contributed by atoms with Gasteiger partial charge in [-0.15, -0.1) is 0 Å². The van der Waals surface area contributed by atoms with Crippen LogP contribution in [0.15, 0.2) is 12.1 Å². The molecule has 1 atom stereocenters. The van der Waals surface area contributed by atoms with E-state index in [-0.39, 0.29) is 6.10 Å². The van der Waals surface area contributed by atoms with Gasteiger partial charge in [0, 0.05) is 0 Å². The van der Waals surface area contributed by atoms with Crippen molar-refractivity contribution in [1.82, 2.24) is 0 Å². The Bertz CT molecular complexity index is 532. The lowest BCUT2D eigenvalue weighted by atomic mass is 10.0. The molecule has 1 saturated heterocycles. The number of aryl methyl sites for hydroxylation is 2. The summed E-state index contributed by atoms with van der Waals surface area (Å²) in [7, 11) is 0. The van der Waals surface area contributed by atoms with Crippen molar-refractivity contribution >= 4 is 17.4 Å². The summed E-state index contributed by atoms with van der Waals surface area (Å²) in [4.78, 5) is 25.4. The molecule has 0 N–H and O–H groups in total. The number of Topliss-reactive ketones (excluding diaryl/α,β-unsaturated/α-hetero) is 1. The molecule has 88 valence electrons. The van der Waals surface area contributed by atoms with Gasteiger partial charge in [-0.25, -0.2) is 0 Å². The number of nitrogens with zero attached hydrogens (tertiary/aromatic N) is 1. The van der Waals surface area contributed by atoms with Crippen molar-refractivity contribution in [2.24, 2.45) is 0 Å². The highest BCUT2D eigenvalue weighted by molar-refractivity contribution is 6.52. The zero-order valence-corrected chi connectivity index (χ0v) is 9.82. The van der Waals surface area contributed by atoms with Crippen molar-refractivity contribution in [1.29, 1.82) is 0 Å². The fraction of sp³-hybridized carbons (Fsp3) is 0.385. The number of carbonyl (C=O) groups is 2. The number of rotatable bonds is 2. The van der Waals surface area contributed by atoms with Crippen LogP contribution < -0.4 is 4.90 Å². The predicted octanol–water partition coefficient (Wildman–Crippen LogP) is 1.23. The van der Waals surface area contributed by atoms with Crippen molar-refractivity contribution in [3.63, 3.8) is 0 Å². The van der Waals surface area contributed by atoms with E-state index in [9.17, 15) is 9.59 Å². The second kappa shape index (κ2) is 3.40. The van der Waals surface area contributed by atoms with Gasteiger partial charge in [0.1, 0.15) is 0 Å². The second-order valence-corrected chi connectivity index (χ2v) is 4.68. The zero-order chi connectivity index (χ0) is 12.2. The van der Waals surface area contributed by atoms with Gasteiger partial charge in [0.15, 0.2) is 0 Å². The molecule has 0 aliphatic carbocycles. The lowest BCUT2D eigenvalue weighted by Crippen LogP contribution is -2.33. The van der Waals surface area contributed by atoms with E-state index < -0.39 is 11.7 Å². The van der Waals surface area contributed by atoms with Gasteiger partial charge in [-0.1, -0.05) is 6.07 Å². The average Bonchev–Trinajstić information content (AvgIpc) is 3.04. The number of ether oxygens (including phenoxy) is 1. The van der Waals surface area contributed by atoms with Crippen LogP contribution in [0, 0.1) is 13.8 Å². The Labute approximate surface area is 99.2 Å². The van der Waals surface area contributed by atoms with Crippen molar-refractivity contribution in [2.75, 3.05) is 18.1 Å². The molecule has 4 nitrogen and oxygen atoms in total. The Morgan fingerprint density at radius 1 is 1.35 bits per heavy atom. The van der Waals surface area contributed by atoms with Crippen molar-refractivity contribution in [3.05, 3.63) is 28.8 Å². The van der Waals surface area contributed by atoms with E-state index in [1.165, 1.54) is 0 Å². The third-order valence-corrected chi connectivity index (χ3v) is 3.19. The van der Waals surface area contributed by atoms with Crippen molar-refractivity contribution in [3.8, 4) is 0 Å². The molecule has 0 radical (unpaired) electrons. The van der Waals surface area contributed by atoms with E-state index >= 15 is 0 Å². The minimum absolute atomic E-state index is 0.0957. The van der Waals surface area contributed by atoms with E-state index in [0.717, 1.165) is 16.8 Å². The Morgan fingerprint density at radius 2 is 2.06 bits per heavy atom. The van der Waals surface area contributed by atoms with Crippen molar-refractivity contribution < 1.29 is 14.3 Å². The van der Waals surface area contributed by atoms with E-state index in [1.807, 2.05) is 19.9 Å². The van der Waals surface area contributed by atoms with Crippen LogP contribution in [0.1, 0.15) is 21.5 Å². The summed E-state index contributed by atoms with van der Waals surface area (Å²) >= 11 is 0. The molecule has 0 bridgehead atoms. The molecular weight excluding hydrogens is 218 g/mol. The monoisotopic (exact) mass is 231 g/mol. The number of ketones is 1. The molecule has 1 unspecified atom stereocenters. The lowest BCUT2D eigenvalue weighted by molar-refractivity contribution is -0.114. The number of fused-ring (bicyclic) bond motifs is 1. The van der Waals surface area contributed by atoms with E-state index in [2.05, 4.69) is 0 Å². The number of amides is 1. The first-order valence-electron chi connectivity index (χ1n) is 5.67. The Morgan fingerprint density at radius 3 is 2.71 bits per heavy atom. The smallest absolute Gasteiger partial charge is 0.299 e. The van der Waals surface area contributed by atoms with Gasteiger partial charge in [-0.05, 0) is 31.0 Å². The van der Waals surface area contributed by atoms with Gasteiger partial charge in [-0.3, -0.25) is 9.59 Å². The van der Waals surface area contributed by atoms with Crippen LogP contribution in [0.5, 0.6) is 0 Å². The van der Waals surface area contributed by atoms with Gasteiger partial charge in [-0.2, -0.15) is 0 Å². The molecule has 1 amide bonds. The third kappa shape index (κ3) is 1.56. The average molecular weight is 231 g/mol. The predicted molar refractivity (Wildman–Crippen MR) is 62.3 cm³/mol. The van der Waals surface area contributed by atoms with Crippen LogP contribution in [0.25, 0.3) is 0 Å². The Kier molecular flexibility index (Phi) is 2.10. The van der Waals surface area contributed by atoms with E-state index in [0.29, 0.717) is 18.7 Å². The maximum Gasteiger partial charge on any atom is 0.299 e. The first-order chi connectivity index (χ1) is 8.08. The maximum atomic E-state index is 11.9. The van der Waals surface area contributed by atoms with Gasteiger partial charge < -0.3 is 9.64 Å². The number of hydrogen-bond donors (Lipinski definition) is 0. The fourth-order valence-corrected chi connectivity index (χ4v) is 2.38. The minimum atomic E-state index is -0.427. The fourth-order valence-electron chi connectivity index (χ4n) is 2.38. The molecule has 4 heteroatoms. The normalized spacial score (nSPS) is 22.0. The van der Waals surface area contributed by atoms with E-state index in [4.69, 9.17) is 4.74 Å². The van der Waals surface area contributed by atoms with Crippen LogP contribution in [0.3, 0.4) is 0 Å². The molecule has 2 aliphatic heterocycles. The summed E-state index contributed by atoms with van der Waals surface area (Å²) in [6.07, 6.45) is 0.0957. The van der Waals surface area contributed by atoms with Gasteiger partial charge in [0.05, 0.1) is 30.5 Å². The molecule has 17 heavy (non-hydrogen) atoms. The van der Waals surface area contributed by atoms with Crippen LogP contribution in [0.2, 0.25) is 0 Å². The second-order valence-electron chi connectivity index (χ2n) is 4.68. The van der Waals surface area contributed by atoms with Crippen molar-refractivity contribution in [2.45, 2.75) is 20.0 Å². The number of benzene rings is 1. The molecule has 0 aromatic heterocycles. The SMILES string of the molecule is Cc1cc(C)c2c(c1)C(=O)C(=O)N2CC1CO1. The minimum Gasteiger partial charge on any atom is -0.371 e. The first-order valence-corrected chi connectivity index (χ1v) is 5.67. The molecule has 3 rings (SSSR count). The molecule has 0 spiro atoms. The number of epoxide rings is 1. The molecule has 0 saturated carbocycles. The van der Waals surface area contributed by atoms with E-state index in [1.54, 1.807) is 11.0 Å². The van der Waals surface area contributed by atoms with Crippen LogP contribution in [0.4, 0.5) is 5.69 Å². The number of carbonyl (C=O) groups excluding carboxylic acids is 2. The lowest BCUT2D eigenvalue weighted by Gasteiger charge is -2.17. The summed E-state index contributed by atoms with van der Waals surface area (Å²) in [6.45, 7) is 5.02. The topological polar surface area (TPSA) is 49.9 Å². The molecule has 1 aromatic rings. The van der Waals surface area contributed by atoms with Crippen LogP contribution in [-0.2, 0) is 9.53 Å². The molecule has 2 heterocycles. The summed E-state index contributed by atoms with van der Waals surface area (Å²) < 4.78 is 5.13.